The van der Waals surface area contributed by atoms with Crippen molar-refractivity contribution in [2.45, 2.75) is 25.2 Å². The van der Waals surface area contributed by atoms with Crippen LogP contribution in [-0.2, 0) is 14.8 Å². The van der Waals surface area contributed by atoms with Gasteiger partial charge in [0.2, 0.25) is 15.9 Å². The molecule has 2 aromatic rings. The van der Waals surface area contributed by atoms with Crippen LogP contribution in [0.3, 0.4) is 0 Å². The van der Waals surface area contributed by atoms with Crippen LogP contribution >= 0.6 is 11.3 Å². The monoisotopic (exact) mass is 352 g/mol. The number of sulfonamides is 1. The zero-order chi connectivity index (χ0) is 17.0. The highest BCUT2D eigenvalue weighted by Crippen LogP contribution is 2.29. The number of aromatic nitrogens is 1. The number of hydrogen-bond donors (Lipinski definition) is 1. The van der Waals surface area contributed by atoms with Crippen LogP contribution in [0.4, 0.5) is 5.13 Å². The van der Waals surface area contributed by atoms with Crippen molar-refractivity contribution in [1.29, 1.82) is 5.26 Å². The molecule has 0 aliphatic rings. The van der Waals surface area contributed by atoms with Gasteiger partial charge in [0.1, 0.15) is 6.42 Å². The van der Waals surface area contributed by atoms with Gasteiger partial charge in [-0.1, -0.05) is 25.2 Å². The lowest BCUT2D eigenvalue weighted by Gasteiger charge is -2.18. The molecule has 0 aliphatic carbocycles. The fourth-order valence-electron chi connectivity index (χ4n) is 2.07. The van der Waals surface area contributed by atoms with Crippen LogP contribution in [0.1, 0.15) is 20.3 Å². The molecule has 1 heterocycles. The van der Waals surface area contributed by atoms with Crippen LogP contribution in [-0.4, -0.2) is 36.7 Å². The second-order valence-corrected chi connectivity index (χ2v) is 7.59. The number of nitrogens with one attached hydrogen (secondary N) is 1. The first kappa shape index (κ1) is 17.3. The second-order valence-electron chi connectivity index (χ2n) is 4.62. The fourth-order valence-corrected chi connectivity index (χ4v) is 4.55. The summed E-state index contributed by atoms with van der Waals surface area (Å²) in [6.45, 7) is 4.37. The third-order valence-electron chi connectivity index (χ3n) is 3.19. The molecule has 0 aliphatic heterocycles. The van der Waals surface area contributed by atoms with E-state index in [2.05, 4.69) is 10.3 Å². The van der Waals surface area contributed by atoms with Crippen molar-refractivity contribution in [2.75, 3.05) is 18.4 Å². The van der Waals surface area contributed by atoms with Crippen LogP contribution in [0.2, 0.25) is 0 Å². The Kier molecular flexibility index (Phi) is 5.30. The van der Waals surface area contributed by atoms with Gasteiger partial charge in [0.05, 0.1) is 21.2 Å². The van der Waals surface area contributed by atoms with Crippen LogP contribution in [0.15, 0.2) is 23.1 Å². The maximum atomic E-state index is 12.5. The highest BCUT2D eigenvalue weighted by atomic mass is 32.2. The molecule has 7 nitrogen and oxygen atoms in total. The first-order valence-electron chi connectivity index (χ1n) is 7.00. The average molecular weight is 352 g/mol. The first-order valence-corrected chi connectivity index (χ1v) is 9.25. The van der Waals surface area contributed by atoms with Crippen molar-refractivity contribution in [3.8, 4) is 6.07 Å². The zero-order valence-corrected chi connectivity index (χ0v) is 14.4. The molecule has 0 radical (unpaired) electrons. The number of nitriles is 1. The summed E-state index contributed by atoms with van der Waals surface area (Å²) in [6, 6.07) is 6.44. The summed E-state index contributed by atoms with van der Waals surface area (Å²) < 4.78 is 27.1. The summed E-state index contributed by atoms with van der Waals surface area (Å²) in [4.78, 5) is 15.8. The second kappa shape index (κ2) is 7.04. The smallest absolute Gasteiger partial charge is 0.243 e. The van der Waals surface area contributed by atoms with Crippen LogP contribution in [0.5, 0.6) is 0 Å². The van der Waals surface area contributed by atoms with Crippen molar-refractivity contribution in [3.05, 3.63) is 18.2 Å². The Morgan fingerprint density at radius 3 is 2.70 bits per heavy atom. The lowest BCUT2D eigenvalue weighted by atomic mass is 10.3. The third kappa shape index (κ3) is 3.67. The van der Waals surface area contributed by atoms with E-state index in [0.717, 1.165) is 0 Å². The standard InChI is InChI=1S/C14H16N4O3S2/c1-3-18(4-2)23(20,21)10-5-6-11-12(9-10)22-14(16-11)17-13(19)7-8-15/h5-6,9H,3-4,7H2,1-2H3,(H,16,17,19). The van der Waals surface area contributed by atoms with E-state index in [-0.39, 0.29) is 11.3 Å². The van der Waals surface area contributed by atoms with Crippen molar-refractivity contribution < 1.29 is 13.2 Å². The van der Waals surface area contributed by atoms with Gasteiger partial charge in [0.25, 0.3) is 0 Å². The van der Waals surface area contributed by atoms with Gasteiger partial charge in [-0.05, 0) is 18.2 Å². The van der Waals surface area contributed by atoms with Crippen molar-refractivity contribution >= 4 is 42.6 Å². The number of amides is 1. The molecule has 0 saturated carbocycles. The molecule has 1 aromatic carbocycles. The van der Waals surface area contributed by atoms with E-state index in [9.17, 15) is 13.2 Å². The molecule has 0 saturated heterocycles. The Morgan fingerprint density at radius 2 is 2.09 bits per heavy atom. The summed E-state index contributed by atoms with van der Waals surface area (Å²) in [5.74, 6) is -0.442. The summed E-state index contributed by atoms with van der Waals surface area (Å²) in [5.41, 5.74) is 0.598. The number of fused-ring (bicyclic) bond motifs is 1. The number of nitrogens with zero attached hydrogens (tertiary/aromatic N) is 3. The number of rotatable bonds is 6. The molecule has 1 amide bonds. The van der Waals surface area contributed by atoms with E-state index in [1.165, 1.54) is 21.7 Å². The molecule has 9 heteroatoms. The van der Waals surface area contributed by atoms with E-state index in [1.54, 1.807) is 32.0 Å². The molecule has 0 fully saturated rings. The van der Waals surface area contributed by atoms with E-state index in [1.807, 2.05) is 0 Å². The molecular weight excluding hydrogens is 336 g/mol. The normalized spacial score (nSPS) is 11.6. The Hall–Kier alpha value is -2.02. The molecule has 1 N–H and O–H groups in total. The summed E-state index contributed by atoms with van der Waals surface area (Å²) >= 11 is 1.17. The topological polar surface area (TPSA) is 103 Å². The van der Waals surface area contributed by atoms with Gasteiger partial charge in [-0.3, -0.25) is 4.79 Å². The maximum absolute atomic E-state index is 12.5. The number of thiazole rings is 1. The van der Waals surface area contributed by atoms with Gasteiger partial charge in [-0.2, -0.15) is 9.57 Å². The van der Waals surface area contributed by atoms with E-state index < -0.39 is 15.9 Å². The Morgan fingerprint density at radius 1 is 1.39 bits per heavy atom. The van der Waals surface area contributed by atoms with Gasteiger partial charge in [0.15, 0.2) is 5.13 Å². The van der Waals surface area contributed by atoms with E-state index >= 15 is 0 Å². The van der Waals surface area contributed by atoms with Crippen LogP contribution < -0.4 is 5.32 Å². The van der Waals surface area contributed by atoms with Gasteiger partial charge in [-0.15, -0.1) is 0 Å². The van der Waals surface area contributed by atoms with Crippen molar-refractivity contribution in [2.24, 2.45) is 0 Å². The number of carbonyl (C=O) groups excluding carboxylic acids is 1. The lowest BCUT2D eigenvalue weighted by Crippen LogP contribution is -2.30. The minimum atomic E-state index is -3.53. The minimum absolute atomic E-state index is 0.201. The highest BCUT2D eigenvalue weighted by molar-refractivity contribution is 7.89. The summed E-state index contributed by atoms with van der Waals surface area (Å²) in [5, 5.41) is 11.3. The van der Waals surface area contributed by atoms with Crippen LogP contribution in [0.25, 0.3) is 10.2 Å². The molecule has 0 spiro atoms. The minimum Gasteiger partial charge on any atom is -0.301 e. The van der Waals surface area contributed by atoms with Gasteiger partial charge >= 0.3 is 0 Å². The largest absolute Gasteiger partial charge is 0.301 e. The molecule has 23 heavy (non-hydrogen) atoms. The molecule has 0 bridgehead atoms. The SMILES string of the molecule is CCN(CC)S(=O)(=O)c1ccc2nc(NC(=O)CC#N)sc2c1. The molecule has 122 valence electrons. The summed E-state index contributed by atoms with van der Waals surface area (Å²) in [6.07, 6.45) is -0.252. The molecule has 0 atom stereocenters. The molecule has 1 aromatic heterocycles. The third-order valence-corrected chi connectivity index (χ3v) is 6.17. The van der Waals surface area contributed by atoms with E-state index in [0.29, 0.717) is 28.4 Å². The molecule has 0 unspecified atom stereocenters. The highest BCUT2D eigenvalue weighted by Gasteiger charge is 2.22. The fraction of sp³-hybridized carbons (Fsp3) is 0.357. The van der Waals surface area contributed by atoms with Crippen LogP contribution in [0, 0.1) is 11.3 Å². The number of benzene rings is 1. The molecule has 2 rings (SSSR count). The van der Waals surface area contributed by atoms with Crippen molar-refractivity contribution in [1.82, 2.24) is 9.29 Å². The van der Waals surface area contributed by atoms with Crippen molar-refractivity contribution in [3.63, 3.8) is 0 Å². The number of hydrogen-bond acceptors (Lipinski definition) is 6. The van der Waals surface area contributed by atoms with Gasteiger partial charge in [0, 0.05) is 13.1 Å². The zero-order valence-electron chi connectivity index (χ0n) is 12.7. The average Bonchev–Trinajstić information content (AvgIpc) is 2.89. The predicted molar refractivity (Wildman–Crippen MR) is 88.6 cm³/mol. The Balaban J connectivity index is 2.36. The van der Waals surface area contributed by atoms with Gasteiger partial charge in [-0.25, -0.2) is 13.4 Å². The predicted octanol–water partition coefficient (Wildman–Crippen LogP) is 2.18. The molecular formula is C14H16N4O3S2. The Labute approximate surface area is 138 Å². The maximum Gasteiger partial charge on any atom is 0.243 e. The number of carbonyl (C=O) groups is 1. The quantitative estimate of drug-likeness (QED) is 0.858. The Bertz CT molecular complexity index is 864. The summed E-state index contributed by atoms with van der Waals surface area (Å²) in [7, 11) is -3.53. The van der Waals surface area contributed by atoms with Gasteiger partial charge < -0.3 is 5.32 Å². The number of anilines is 1. The van der Waals surface area contributed by atoms with E-state index in [4.69, 9.17) is 5.26 Å². The lowest BCUT2D eigenvalue weighted by molar-refractivity contribution is -0.115. The first-order chi connectivity index (χ1) is 10.9.